The molecule has 0 saturated carbocycles. The van der Waals surface area contributed by atoms with Gasteiger partial charge in [0.15, 0.2) is 0 Å². The quantitative estimate of drug-likeness (QED) is 0.769. The van der Waals surface area contributed by atoms with Gasteiger partial charge >= 0.3 is 0 Å². The van der Waals surface area contributed by atoms with Gasteiger partial charge in [-0.2, -0.15) is 13.8 Å². The van der Waals surface area contributed by atoms with Crippen molar-refractivity contribution in [1.82, 2.24) is 9.97 Å². The molecule has 0 spiro atoms. The largest absolute Gasteiger partial charge is 0.256 e. The second-order valence-electron chi connectivity index (χ2n) is 4.22. The van der Waals surface area contributed by atoms with E-state index in [-0.39, 0.29) is 5.92 Å². The molecular weight excluding hydrogens is 234 g/mol. The number of halogens is 2. The fourth-order valence-corrected chi connectivity index (χ4v) is 1.87. The molecule has 2 rings (SSSR count). The average Bonchev–Trinajstić information content (AvgIpc) is 2.38. The number of aromatic nitrogens is 2. The molecule has 1 atom stereocenters. The first-order chi connectivity index (χ1) is 8.63. The van der Waals surface area contributed by atoms with Crippen LogP contribution in [0.25, 0.3) is 11.3 Å². The molecule has 0 aliphatic rings. The molecule has 2 aromatic heterocycles. The summed E-state index contributed by atoms with van der Waals surface area (Å²) in [6.45, 7) is 3.91. The second kappa shape index (κ2) is 5.21. The number of nitrogens with zero attached hydrogens (tertiary/aromatic N) is 2. The summed E-state index contributed by atoms with van der Waals surface area (Å²) in [5.41, 5.74) is 1.39. The van der Waals surface area contributed by atoms with Crippen molar-refractivity contribution < 1.29 is 8.78 Å². The summed E-state index contributed by atoms with van der Waals surface area (Å²) in [5, 5.41) is 0. The Morgan fingerprint density at radius 3 is 2.67 bits per heavy atom. The molecule has 0 radical (unpaired) electrons. The summed E-state index contributed by atoms with van der Waals surface area (Å²) in [5.74, 6) is -1.54. The lowest BCUT2D eigenvalue weighted by atomic mass is 9.93. The van der Waals surface area contributed by atoms with E-state index in [1.165, 1.54) is 6.07 Å². The van der Waals surface area contributed by atoms with E-state index in [2.05, 4.69) is 9.97 Å². The number of hydrogen-bond donors (Lipinski definition) is 0. The lowest BCUT2D eigenvalue weighted by molar-refractivity contribution is 0.508. The van der Waals surface area contributed by atoms with E-state index < -0.39 is 11.9 Å². The highest BCUT2D eigenvalue weighted by Crippen LogP contribution is 2.31. The van der Waals surface area contributed by atoms with E-state index in [0.717, 1.165) is 6.42 Å². The van der Waals surface area contributed by atoms with Crippen molar-refractivity contribution in [2.45, 2.75) is 26.2 Å². The number of pyridine rings is 2. The Labute approximate surface area is 105 Å². The molecule has 0 N–H and O–H groups in total. The lowest BCUT2D eigenvalue weighted by Crippen LogP contribution is -2.03. The fraction of sp³-hybridized carbons (Fsp3) is 0.286. The maximum absolute atomic E-state index is 13.9. The van der Waals surface area contributed by atoms with Crippen molar-refractivity contribution in [2.75, 3.05) is 0 Å². The van der Waals surface area contributed by atoms with Crippen molar-refractivity contribution in [1.29, 1.82) is 0 Å². The van der Waals surface area contributed by atoms with Crippen LogP contribution in [0.4, 0.5) is 8.78 Å². The zero-order chi connectivity index (χ0) is 13.1. The van der Waals surface area contributed by atoms with E-state index in [1.807, 2.05) is 13.8 Å². The molecule has 0 aliphatic heterocycles. The highest BCUT2D eigenvalue weighted by molar-refractivity contribution is 5.63. The van der Waals surface area contributed by atoms with E-state index in [4.69, 9.17) is 0 Å². The van der Waals surface area contributed by atoms with Crippen LogP contribution in [0.15, 0.2) is 30.5 Å². The molecular formula is C14H14F2N2. The highest BCUT2D eigenvalue weighted by Gasteiger charge is 2.18. The Morgan fingerprint density at radius 1 is 1.28 bits per heavy atom. The molecule has 0 amide bonds. The normalized spacial score (nSPS) is 12.4. The van der Waals surface area contributed by atoms with Crippen LogP contribution in [0, 0.1) is 11.9 Å². The predicted molar refractivity (Wildman–Crippen MR) is 66.1 cm³/mol. The molecule has 94 valence electrons. The van der Waals surface area contributed by atoms with Crippen LogP contribution in [0.5, 0.6) is 0 Å². The van der Waals surface area contributed by atoms with Crippen LogP contribution in [0.1, 0.15) is 31.7 Å². The van der Waals surface area contributed by atoms with Gasteiger partial charge in [-0.05, 0) is 36.1 Å². The van der Waals surface area contributed by atoms with Gasteiger partial charge in [-0.25, -0.2) is 0 Å². The summed E-state index contributed by atoms with van der Waals surface area (Å²) < 4.78 is 27.2. The van der Waals surface area contributed by atoms with Gasteiger partial charge in [0.25, 0.3) is 0 Å². The van der Waals surface area contributed by atoms with Gasteiger partial charge in [0.2, 0.25) is 11.9 Å². The van der Waals surface area contributed by atoms with Gasteiger partial charge in [0.05, 0.1) is 11.3 Å². The summed E-state index contributed by atoms with van der Waals surface area (Å²) in [7, 11) is 0. The number of hydrogen-bond acceptors (Lipinski definition) is 2. The minimum Gasteiger partial charge on any atom is -0.256 e. The summed E-state index contributed by atoms with van der Waals surface area (Å²) in [6, 6.07) is 6.51. The molecule has 4 heteroatoms. The van der Waals surface area contributed by atoms with Crippen LogP contribution in [0.2, 0.25) is 0 Å². The minimum atomic E-state index is -0.802. The molecule has 0 bridgehead atoms. The van der Waals surface area contributed by atoms with E-state index in [9.17, 15) is 8.78 Å². The second-order valence-corrected chi connectivity index (χ2v) is 4.22. The third kappa shape index (κ3) is 2.37. The van der Waals surface area contributed by atoms with Gasteiger partial charge < -0.3 is 0 Å². The van der Waals surface area contributed by atoms with Crippen LogP contribution in [0.3, 0.4) is 0 Å². The fourth-order valence-electron chi connectivity index (χ4n) is 1.87. The van der Waals surface area contributed by atoms with Gasteiger partial charge in [0.1, 0.15) is 0 Å². The Morgan fingerprint density at radius 2 is 2.06 bits per heavy atom. The molecule has 0 aliphatic carbocycles. The van der Waals surface area contributed by atoms with Crippen molar-refractivity contribution in [3.05, 3.63) is 47.9 Å². The highest BCUT2D eigenvalue weighted by atomic mass is 19.1. The maximum Gasteiger partial charge on any atom is 0.225 e. The van der Waals surface area contributed by atoms with Gasteiger partial charge in [-0.1, -0.05) is 19.9 Å². The maximum atomic E-state index is 13.9. The lowest BCUT2D eigenvalue weighted by Gasteiger charge is -2.14. The van der Waals surface area contributed by atoms with Crippen LogP contribution < -0.4 is 0 Å². The van der Waals surface area contributed by atoms with Crippen molar-refractivity contribution in [2.24, 2.45) is 0 Å². The first kappa shape index (κ1) is 12.6. The summed E-state index contributed by atoms with van der Waals surface area (Å²) in [6.07, 6.45) is 2.38. The van der Waals surface area contributed by atoms with Crippen molar-refractivity contribution in [3.63, 3.8) is 0 Å². The zero-order valence-corrected chi connectivity index (χ0v) is 10.3. The Hall–Kier alpha value is -1.84. The first-order valence-electron chi connectivity index (χ1n) is 5.90. The van der Waals surface area contributed by atoms with Crippen molar-refractivity contribution in [3.8, 4) is 11.3 Å². The standard InChI is InChI=1S/C14H14F2N2/c1-3-9(2)10-8-12(15)18-14(16)13(10)11-6-4-5-7-17-11/h4-9H,3H2,1-2H3. The Balaban J connectivity index is 2.65. The molecule has 0 fully saturated rings. The Kier molecular flexibility index (Phi) is 3.65. The molecule has 0 aromatic carbocycles. The van der Waals surface area contributed by atoms with E-state index >= 15 is 0 Å². The van der Waals surface area contributed by atoms with Gasteiger partial charge in [-0.3, -0.25) is 4.98 Å². The molecule has 2 heterocycles. The third-order valence-electron chi connectivity index (χ3n) is 3.04. The Bertz CT molecular complexity index is 541. The zero-order valence-electron chi connectivity index (χ0n) is 10.3. The van der Waals surface area contributed by atoms with Crippen LogP contribution in [-0.2, 0) is 0 Å². The minimum absolute atomic E-state index is 0.0500. The van der Waals surface area contributed by atoms with E-state index in [0.29, 0.717) is 16.8 Å². The monoisotopic (exact) mass is 248 g/mol. The van der Waals surface area contributed by atoms with Crippen LogP contribution in [-0.4, -0.2) is 9.97 Å². The number of rotatable bonds is 3. The van der Waals surface area contributed by atoms with E-state index in [1.54, 1.807) is 24.4 Å². The van der Waals surface area contributed by atoms with Crippen LogP contribution >= 0.6 is 0 Å². The molecule has 18 heavy (non-hydrogen) atoms. The summed E-state index contributed by atoms with van der Waals surface area (Å²) in [4.78, 5) is 7.37. The smallest absolute Gasteiger partial charge is 0.225 e. The average molecular weight is 248 g/mol. The summed E-state index contributed by atoms with van der Waals surface area (Å²) >= 11 is 0. The molecule has 1 unspecified atom stereocenters. The third-order valence-corrected chi connectivity index (χ3v) is 3.04. The van der Waals surface area contributed by atoms with Gasteiger partial charge in [0, 0.05) is 6.20 Å². The predicted octanol–water partition coefficient (Wildman–Crippen LogP) is 3.94. The first-order valence-corrected chi connectivity index (χ1v) is 5.90. The molecule has 2 aromatic rings. The van der Waals surface area contributed by atoms with Gasteiger partial charge in [-0.15, -0.1) is 0 Å². The molecule has 0 saturated heterocycles. The topological polar surface area (TPSA) is 25.8 Å². The van der Waals surface area contributed by atoms with Crippen molar-refractivity contribution >= 4 is 0 Å². The molecule has 2 nitrogen and oxygen atoms in total. The SMILES string of the molecule is CCC(C)c1cc(F)nc(F)c1-c1ccccn1.